The number of hydrogen-bond donors (Lipinski definition) is 0. The van der Waals surface area contributed by atoms with Crippen LogP contribution in [0.4, 0.5) is 5.69 Å². The monoisotopic (exact) mass is 299 g/mol. The predicted octanol–water partition coefficient (Wildman–Crippen LogP) is 0.698. The van der Waals surface area contributed by atoms with Crippen molar-refractivity contribution in [2.75, 3.05) is 27.4 Å². The Morgan fingerprint density at radius 2 is 1.57 bits per heavy atom. The van der Waals surface area contributed by atoms with E-state index in [9.17, 15) is 19.7 Å². The standard InChI is InChI=1S/C12H13NO8/c1-18-11(14)6-20-9-4-3-8(13(16)17)5-10(9)21-7-12(15)19-2/h3-5H,6-7H2,1-2H3. The summed E-state index contributed by atoms with van der Waals surface area (Å²) in [7, 11) is 2.37. The second kappa shape index (κ2) is 7.68. The first-order chi connectivity index (χ1) is 9.97. The molecule has 1 rings (SSSR count). The lowest BCUT2D eigenvalue weighted by atomic mass is 10.3. The van der Waals surface area contributed by atoms with Crippen LogP contribution in [0.1, 0.15) is 0 Å². The zero-order chi connectivity index (χ0) is 15.8. The number of benzene rings is 1. The highest BCUT2D eigenvalue weighted by atomic mass is 16.6. The summed E-state index contributed by atoms with van der Waals surface area (Å²) in [6.07, 6.45) is 0. The number of rotatable bonds is 7. The molecule has 0 atom stereocenters. The number of ether oxygens (including phenoxy) is 4. The molecule has 0 saturated carbocycles. The van der Waals surface area contributed by atoms with Crippen molar-refractivity contribution in [1.29, 1.82) is 0 Å². The van der Waals surface area contributed by atoms with Crippen LogP contribution in [0.25, 0.3) is 0 Å². The minimum absolute atomic E-state index is 0.0569. The third-order valence-corrected chi connectivity index (χ3v) is 2.28. The maximum absolute atomic E-state index is 11.0. The number of carbonyl (C=O) groups is 2. The van der Waals surface area contributed by atoms with Gasteiger partial charge in [-0.3, -0.25) is 10.1 Å². The average molecular weight is 299 g/mol. The van der Waals surface area contributed by atoms with Gasteiger partial charge in [0.05, 0.1) is 25.2 Å². The summed E-state index contributed by atoms with van der Waals surface area (Å²) in [4.78, 5) is 32.1. The highest BCUT2D eigenvalue weighted by Gasteiger charge is 2.15. The van der Waals surface area contributed by atoms with Crippen molar-refractivity contribution >= 4 is 17.6 Å². The first-order valence-corrected chi connectivity index (χ1v) is 5.65. The number of esters is 2. The van der Waals surface area contributed by atoms with E-state index in [1.54, 1.807) is 0 Å². The molecule has 0 radical (unpaired) electrons. The molecule has 0 saturated heterocycles. The molecule has 0 unspecified atom stereocenters. The maximum atomic E-state index is 11.0. The Hall–Kier alpha value is -2.84. The fourth-order valence-corrected chi connectivity index (χ4v) is 1.23. The highest BCUT2D eigenvalue weighted by Crippen LogP contribution is 2.31. The largest absolute Gasteiger partial charge is 0.478 e. The molecule has 0 aromatic heterocycles. The van der Waals surface area contributed by atoms with Crippen molar-refractivity contribution in [3.8, 4) is 11.5 Å². The van der Waals surface area contributed by atoms with Gasteiger partial charge in [0.25, 0.3) is 5.69 Å². The van der Waals surface area contributed by atoms with Crippen LogP contribution in [0.5, 0.6) is 11.5 Å². The van der Waals surface area contributed by atoms with Crippen molar-refractivity contribution in [2.24, 2.45) is 0 Å². The lowest BCUT2D eigenvalue weighted by Gasteiger charge is -2.11. The van der Waals surface area contributed by atoms with Gasteiger partial charge in [-0.25, -0.2) is 9.59 Å². The number of hydrogen-bond acceptors (Lipinski definition) is 8. The molecular weight excluding hydrogens is 286 g/mol. The first kappa shape index (κ1) is 16.2. The van der Waals surface area contributed by atoms with E-state index in [2.05, 4.69) is 9.47 Å². The molecule has 114 valence electrons. The van der Waals surface area contributed by atoms with Crippen molar-refractivity contribution < 1.29 is 33.5 Å². The molecule has 21 heavy (non-hydrogen) atoms. The molecular formula is C12H13NO8. The van der Waals surface area contributed by atoms with Gasteiger partial charge in [-0.2, -0.15) is 0 Å². The van der Waals surface area contributed by atoms with Crippen LogP contribution in [0.3, 0.4) is 0 Å². The molecule has 0 aliphatic carbocycles. The Morgan fingerprint density at radius 1 is 1.05 bits per heavy atom. The van der Waals surface area contributed by atoms with E-state index in [0.717, 1.165) is 6.07 Å². The Bertz CT molecular complexity index is 542. The predicted molar refractivity (Wildman–Crippen MR) is 68.1 cm³/mol. The summed E-state index contributed by atoms with van der Waals surface area (Å²) < 4.78 is 19.0. The number of nitro benzene ring substituents is 1. The van der Waals surface area contributed by atoms with Crippen molar-refractivity contribution in [3.05, 3.63) is 28.3 Å². The van der Waals surface area contributed by atoms with E-state index in [1.807, 2.05) is 0 Å². The fourth-order valence-electron chi connectivity index (χ4n) is 1.23. The van der Waals surface area contributed by atoms with E-state index in [4.69, 9.17) is 9.47 Å². The molecule has 9 heteroatoms. The minimum atomic E-state index is -0.666. The molecule has 0 N–H and O–H groups in total. The second-order valence-electron chi connectivity index (χ2n) is 3.62. The van der Waals surface area contributed by atoms with E-state index >= 15 is 0 Å². The van der Waals surface area contributed by atoms with Gasteiger partial charge in [-0.15, -0.1) is 0 Å². The van der Waals surface area contributed by atoms with Gasteiger partial charge >= 0.3 is 11.9 Å². The third-order valence-electron chi connectivity index (χ3n) is 2.28. The van der Waals surface area contributed by atoms with Crippen LogP contribution in [0.15, 0.2) is 18.2 Å². The van der Waals surface area contributed by atoms with Gasteiger partial charge in [-0.05, 0) is 6.07 Å². The third kappa shape index (κ3) is 4.97. The number of nitro groups is 1. The molecule has 0 fully saturated rings. The molecule has 0 spiro atoms. The number of nitrogens with zero attached hydrogens (tertiary/aromatic N) is 1. The normalized spacial score (nSPS) is 9.62. The highest BCUT2D eigenvalue weighted by molar-refractivity contribution is 5.72. The number of non-ortho nitro benzene ring substituents is 1. The molecule has 1 aromatic carbocycles. The van der Waals surface area contributed by atoms with Crippen molar-refractivity contribution in [2.45, 2.75) is 0 Å². The number of methoxy groups -OCH3 is 2. The Morgan fingerprint density at radius 3 is 2.05 bits per heavy atom. The smallest absolute Gasteiger partial charge is 0.343 e. The molecule has 0 amide bonds. The van der Waals surface area contributed by atoms with Gasteiger partial charge in [0, 0.05) is 6.07 Å². The van der Waals surface area contributed by atoms with Crippen molar-refractivity contribution in [1.82, 2.24) is 0 Å². The molecule has 0 aliphatic rings. The van der Waals surface area contributed by atoms with Gasteiger partial charge in [0.1, 0.15) is 0 Å². The van der Waals surface area contributed by atoms with Crippen LogP contribution in [-0.4, -0.2) is 44.3 Å². The molecule has 9 nitrogen and oxygen atoms in total. The Kier molecular flexibility index (Phi) is 5.93. The van der Waals surface area contributed by atoms with Gasteiger partial charge in [0.15, 0.2) is 24.7 Å². The minimum Gasteiger partial charge on any atom is -0.478 e. The van der Waals surface area contributed by atoms with E-state index in [1.165, 1.54) is 26.4 Å². The summed E-state index contributed by atoms with van der Waals surface area (Å²) in [5.74, 6) is -1.29. The van der Waals surface area contributed by atoms with Crippen molar-refractivity contribution in [3.63, 3.8) is 0 Å². The molecule has 1 aromatic rings. The van der Waals surface area contributed by atoms with Gasteiger partial charge in [0.2, 0.25) is 0 Å². The van der Waals surface area contributed by atoms with Gasteiger partial charge in [-0.1, -0.05) is 0 Å². The average Bonchev–Trinajstić information content (AvgIpc) is 2.50. The van der Waals surface area contributed by atoms with E-state index in [-0.39, 0.29) is 17.2 Å². The van der Waals surface area contributed by atoms with E-state index < -0.39 is 30.1 Å². The van der Waals surface area contributed by atoms with Crippen LogP contribution < -0.4 is 9.47 Å². The lowest BCUT2D eigenvalue weighted by molar-refractivity contribution is -0.385. The van der Waals surface area contributed by atoms with Crippen LogP contribution in [-0.2, 0) is 19.1 Å². The summed E-state index contributed by atoms with van der Waals surface area (Å²) in [5, 5.41) is 10.7. The SMILES string of the molecule is COC(=O)COc1ccc([N+](=O)[O-])cc1OCC(=O)OC. The quantitative estimate of drug-likeness (QED) is 0.410. The van der Waals surface area contributed by atoms with Crippen LogP contribution >= 0.6 is 0 Å². The number of carbonyl (C=O) groups excluding carboxylic acids is 2. The Labute approximate surface area is 119 Å². The zero-order valence-electron chi connectivity index (χ0n) is 11.4. The van der Waals surface area contributed by atoms with E-state index in [0.29, 0.717) is 0 Å². The summed E-state index contributed by atoms with van der Waals surface area (Å²) in [6, 6.07) is 3.51. The zero-order valence-corrected chi connectivity index (χ0v) is 11.4. The first-order valence-electron chi connectivity index (χ1n) is 5.65. The summed E-state index contributed by atoms with van der Waals surface area (Å²) >= 11 is 0. The van der Waals surface area contributed by atoms with Crippen LogP contribution in [0.2, 0.25) is 0 Å². The summed E-state index contributed by atoms with van der Waals surface area (Å²) in [5.41, 5.74) is -0.250. The molecule has 0 heterocycles. The Balaban J connectivity index is 2.91. The maximum Gasteiger partial charge on any atom is 0.343 e. The molecule has 0 aliphatic heterocycles. The summed E-state index contributed by atoms with van der Waals surface area (Å²) in [6.45, 7) is -0.852. The fraction of sp³-hybridized carbons (Fsp3) is 0.333. The lowest BCUT2D eigenvalue weighted by Crippen LogP contribution is -2.15. The van der Waals surface area contributed by atoms with Gasteiger partial charge < -0.3 is 18.9 Å². The van der Waals surface area contributed by atoms with Crippen LogP contribution in [0, 0.1) is 10.1 Å². The second-order valence-corrected chi connectivity index (χ2v) is 3.62. The molecule has 0 bridgehead atoms. The topological polar surface area (TPSA) is 114 Å².